The molecule has 0 saturated carbocycles. The topological polar surface area (TPSA) is 101 Å². The number of nitrogens with one attached hydrogen (secondary N) is 1. The van der Waals surface area contributed by atoms with Crippen LogP contribution < -0.4 is 14.2 Å². The number of pyridine rings is 1. The standard InChI is InChI=1S/C25H26N4O5S/c1-18-2-5-22(6-3-18)35(31,32)27-21-13-20(14-26-15-21)25(30)29-10-8-28(9-11-29)16-19-4-7-23-24(12-19)34-17-33-23/h2-7,12-15,27H,8-11,16-17H2,1H3. The van der Waals surface area contributed by atoms with Crippen LogP contribution in [0.5, 0.6) is 11.5 Å². The number of rotatable bonds is 6. The Bertz CT molecular complexity index is 1340. The first-order valence-corrected chi connectivity index (χ1v) is 12.8. The van der Waals surface area contributed by atoms with Crippen LogP contribution in [0.4, 0.5) is 5.69 Å². The van der Waals surface area contributed by atoms with E-state index in [2.05, 4.69) is 14.6 Å². The van der Waals surface area contributed by atoms with E-state index in [0.29, 0.717) is 18.7 Å². The van der Waals surface area contributed by atoms with E-state index in [1.807, 2.05) is 25.1 Å². The van der Waals surface area contributed by atoms with Gasteiger partial charge in [0.05, 0.1) is 22.3 Å². The maximum atomic E-state index is 13.1. The number of fused-ring (bicyclic) bond motifs is 1. The highest BCUT2D eigenvalue weighted by Crippen LogP contribution is 2.33. The number of hydrogen-bond donors (Lipinski definition) is 1. The number of amides is 1. The Balaban J connectivity index is 1.19. The van der Waals surface area contributed by atoms with Gasteiger partial charge >= 0.3 is 0 Å². The van der Waals surface area contributed by atoms with Crippen molar-refractivity contribution in [1.29, 1.82) is 0 Å². The zero-order chi connectivity index (χ0) is 24.4. The van der Waals surface area contributed by atoms with Crippen LogP contribution >= 0.6 is 0 Å². The minimum atomic E-state index is -3.78. The Morgan fingerprint density at radius 3 is 2.49 bits per heavy atom. The van der Waals surface area contributed by atoms with Crippen LogP contribution in [0.3, 0.4) is 0 Å². The van der Waals surface area contributed by atoms with Crippen LogP contribution in [0.15, 0.2) is 65.8 Å². The highest BCUT2D eigenvalue weighted by Gasteiger charge is 2.24. The van der Waals surface area contributed by atoms with Gasteiger partial charge < -0.3 is 14.4 Å². The van der Waals surface area contributed by atoms with Crippen LogP contribution in [0.1, 0.15) is 21.5 Å². The molecule has 182 valence electrons. The molecule has 0 spiro atoms. The summed E-state index contributed by atoms with van der Waals surface area (Å²) < 4.78 is 38.7. The molecule has 3 heterocycles. The van der Waals surface area contributed by atoms with E-state index in [4.69, 9.17) is 9.47 Å². The molecule has 2 aliphatic heterocycles. The molecule has 35 heavy (non-hydrogen) atoms. The van der Waals surface area contributed by atoms with Crippen LogP contribution in [0, 0.1) is 6.92 Å². The average Bonchev–Trinajstić information content (AvgIpc) is 3.32. The smallest absolute Gasteiger partial charge is 0.261 e. The summed E-state index contributed by atoms with van der Waals surface area (Å²) in [5, 5.41) is 0. The Morgan fingerprint density at radius 2 is 1.71 bits per heavy atom. The predicted octanol–water partition coefficient (Wildman–Crippen LogP) is 2.88. The van der Waals surface area contributed by atoms with Crippen molar-refractivity contribution in [1.82, 2.24) is 14.8 Å². The molecule has 1 aromatic heterocycles. The SMILES string of the molecule is Cc1ccc(S(=O)(=O)Nc2cncc(C(=O)N3CCN(Cc4ccc5c(c4)OCO5)CC3)c2)cc1. The first-order chi connectivity index (χ1) is 16.9. The molecule has 9 nitrogen and oxygen atoms in total. The third-order valence-corrected chi connectivity index (χ3v) is 7.47. The first kappa shape index (κ1) is 23.1. The molecule has 10 heteroatoms. The number of benzene rings is 2. The molecule has 2 aromatic carbocycles. The minimum absolute atomic E-state index is 0.151. The molecule has 0 bridgehead atoms. The van der Waals surface area contributed by atoms with Gasteiger partial charge in [-0.3, -0.25) is 19.4 Å². The van der Waals surface area contributed by atoms with Gasteiger partial charge in [0.25, 0.3) is 15.9 Å². The zero-order valence-electron chi connectivity index (χ0n) is 19.3. The molecule has 1 fully saturated rings. The minimum Gasteiger partial charge on any atom is -0.454 e. The van der Waals surface area contributed by atoms with E-state index in [1.165, 1.54) is 18.5 Å². The van der Waals surface area contributed by atoms with Gasteiger partial charge in [-0.15, -0.1) is 0 Å². The second-order valence-electron chi connectivity index (χ2n) is 8.64. The molecule has 1 saturated heterocycles. The Morgan fingerprint density at radius 1 is 0.971 bits per heavy atom. The van der Waals surface area contributed by atoms with Crippen molar-refractivity contribution in [2.45, 2.75) is 18.4 Å². The largest absolute Gasteiger partial charge is 0.454 e. The molecular formula is C25H26N4O5S. The van der Waals surface area contributed by atoms with Crippen molar-refractivity contribution in [2.75, 3.05) is 37.7 Å². The van der Waals surface area contributed by atoms with Gasteiger partial charge in [0, 0.05) is 38.9 Å². The van der Waals surface area contributed by atoms with E-state index in [0.717, 1.165) is 42.3 Å². The first-order valence-electron chi connectivity index (χ1n) is 11.3. The Labute approximate surface area is 204 Å². The number of aromatic nitrogens is 1. The normalized spacial score (nSPS) is 15.7. The number of piperazine rings is 1. The van der Waals surface area contributed by atoms with Crippen molar-refractivity contribution in [2.24, 2.45) is 0 Å². The summed E-state index contributed by atoms with van der Waals surface area (Å²) in [5.41, 5.74) is 2.69. The molecule has 5 rings (SSSR count). The fourth-order valence-electron chi connectivity index (χ4n) is 4.13. The summed E-state index contributed by atoms with van der Waals surface area (Å²) in [4.78, 5) is 21.4. The molecule has 0 aliphatic carbocycles. The number of aryl methyl sites for hydroxylation is 1. The molecule has 1 N–H and O–H groups in total. The molecule has 0 radical (unpaired) electrons. The summed E-state index contributed by atoms with van der Waals surface area (Å²) in [5.74, 6) is 1.36. The lowest BCUT2D eigenvalue weighted by Crippen LogP contribution is -2.48. The molecule has 0 unspecified atom stereocenters. The average molecular weight is 495 g/mol. The second-order valence-corrected chi connectivity index (χ2v) is 10.3. The van der Waals surface area contributed by atoms with Crippen LogP contribution in [-0.2, 0) is 16.6 Å². The number of carbonyl (C=O) groups excluding carboxylic acids is 1. The summed E-state index contributed by atoms with van der Waals surface area (Å²) in [6.45, 7) is 5.51. The van der Waals surface area contributed by atoms with Crippen molar-refractivity contribution < 1.29 is 22.7 Å². The lowest BCUT2D eigenvalue weighted by Gasteiger charge is -2.34. The monoisotopic (exact) mass is 494 g/mol. The fraction of sp³-hybridized carbons (Fsp3) is 0.280. The van der Waals surface area contributed by atoms with Crippen LogP contribution in [-0.4, -0.2) is 62.1 Å². The lowest BCUT2D eigenvalue weighted by molar-refractivity contribution is 0.0628. The Hall–Kier alpha value is -3.63. The second kappa shape index (κ2) is 9.55. The summed E-state index contributed by atoms with van der Waals surface area (Å²) in [6, 6.07) is 14.0. The van der Waals surface area contributed by atoms with Gasteiger partial charge in [0.2, 0.25) is 6.79 Å². The highest BCUT2D eigenvalue weighted by molar-refractivity contribution is 7.92. The van der Waals surface area contributed by atoms with Gasteiger partial charge in [0.1, 0.15) is 0 Å². The summed E-state index contributed by atoms with van der Waals surface area (Å²) in [6.07, 6.45) is 2.86. The maximum absolute atomic E-state index is 13.1. The lowest BCUT2D eigenvalue weighted by atomic mass is 10.1. The summed E-state index contributed by atoms with van der Waals surface area (Å²) >= 11 is 0. The molecule has 3 aromatic rings. The number of anilines is 1. The third-order valence-electron chi connectivity index (χ3n) is 6.07. The zero-order valence-corrected chi connectivity index (χ0v) is 20.1. The van der Waals surface area contributed by atoms with Crippen molar-refractivity contribution in [3.05, 3.63) is 77.6 Å². The number of carbonyl (C=O) groups is 1. The Kier molecular flexibility index (Phi) is 6.31. The maximum Gasteiger partial charge on any atom is 0.261 e. The van der Waals surface area contributed by atoms with Gasteiger partial charge in [-0.25, -0.2) is 8.42 Å². The number of ether oxygens (including phenoxy) is 2. The number of nitrogens with zero attached hydrogens (tertiary/aromatic N) is 3. The van der Waals surface area contributed by atoms with Crippen molar-refractivity contribution >= 4 is 21.6 Å². The van der Waals surface area contributed by atoms with E-state index >= 15 is 0 Å². The quantitative estimate of drug-likeness (QED) is 0.562. The van der Waals surface area contributed by atoms with E-state index in [1.54, 1.807) is 29.2 Å². The molecule has 2 aliphatic rings. The van der Waals surface area contributed by atoms with E-state index < -0.39 is 10.0 Å². The van der Waals surface area contributed by atoms with Crippen molar-refractivity contribution in [3.63, 3.8) is 0 Å². The number of hydrogen-bond acceptors (Lipinski definition) is 7. The van der Waals surface area contributed by atoms with Crippen LogP contribution in [0.2, 0.25) is 0 Å². The van der Waals surface area contributed by atoms with Crippen molar-refractivity contribution in [3.8, 4) is 11.5 Å². The van der Waals surface area contributed by atoms with E-state index in [-0.39, 0.29) is 23.3 Å². The highest BCUT2D eigenvalue weighted by atomic mass is 32.2. The fourth-order valence-corrected chi connectivity index (χ4v) is 5.17. The number of sulfonamides is 1. The molecule has 1 amide bonds. The third kappa shape index (κ3) is 5.23. The molecular weight excluding hydrogens is 468 g/mol. The van der Waals surface area contributed by atoms with E-state index in [9.17, 15) is 13.2 Å². The predicted molar refractivity (Wildman–Crippen MR) is 130 cm³/mol. The molecule has 0 atom stereocenters. The van der Waals surface area contributed by atoms with Gasteiger partial charge in [-0.05, 0) is 42.8 Å². The van der Waals surface area contributed by atoms with Gasteiger partial charge in [0.15, 0.2) is 11.5 Å². The van der Waals surface area contributed by atoms with Gasteiger partial charge in [-0.1, -0.05) is 23.8 Å². The van der Waals surface area contributed by atoms with Crippen LogP contribution in [0.25, 0.3) is 0 Å². The summed E-state index contributed by atoms with van der Waals surface area (Å²) in [7, 11) is -3.78. The van der Waals surface area contributed by atoms with Gasteiger partial charge in [-0.2, -0.15) is 0 Å².